The van der Waals surface area contributed by atoms with E-state index in [9.17, 15) is 39.0 Å². The molecule has 1 unspecified atom stereocenters. The van der Waals surface area contributed by atoms with Crippen molar-refractivity contribution in [3.8, 4) is 0 Å². The number of amides is 6. The van der Waals surface area contributed by atoms with Gasteiger partial charge in [0.05, 0.1) is 12.1 Å². The van der Waals surface area contributed by atoms with Crippen LogP contribution in [0.1, 0.15) is 44.4 Å². The van der Waals surface area contributed by atoms with Crippen LogP contribution in [0.4, 0.5) is 4.79 Å². The minimum Gasteiger partial charge on any atom is -0.463 e. The summed E-state index contributed by atoms with van der Waals surface area (Å²) in [5.74, 6) is -4.99. The third kappa shape index (κ3) is 8.71. The SMILES string of the molecule is CC(C)[C@H](N)C(=O)N(C(=O)CCc1ccccc1)[C@@H](C)C(=O)N(C)N(C(=O)O)C(=O)[C@@H]1O[C@H]1C(=O)NCC(O)c1ccccc1. The number of epoxide rings is 1. The monoisotopic (exact) mass is 625 g/mol. The summed E-state index contributed by atoms with van der Waals surface area (Å²) in [5.41, 5.74) is 7.42. The molecule has 1 aliphatic heterocycles. The topological polar surface area (TPSA) is 203 Å². The molecule has 0 radical (unpaired) electrons. The number of imide groups is 2. The number of hydrogen-bond donors (Lipinski definition) is 4. The van der Waals surface area contributed by atoms with Gasteiger partial charge in [0.15, 0.2) is 12.2 Å². The summed E-state index contributed by atoms with van der Waals surface area (Å²) in [6, 6.07) is 14.9. The lowest BCUT2D eigenvalue weighted by Crippen LogP contribution is -2.60. The second kappa shape index (κ2) is 15.4. The molecule has 0 saturated carbocycles. The number of likely N-dealkylation sites (N-methyl/N-ethyl adjacent to an activating group) is 1. The van der Waals surface area contributed by atoms with Crippen molar-refractivity contribution < 1.29 is 43.7 Å². The molecule has 1 fully saturated rings. The molecule has 1 aliphatic rings. The molecule has 5 atom stereocenters. The van der Waals surface area contributed by atoms with Gasteiger partial charge in [0, 0.05) is 20.0 Å². The Bertz CT molecular complexity index is 1390. The van der Waals surface area contributed by atoms with E-state index in [1.54, 1.807) is 68.4 Å². The van der Waals surface area contributed by atoms with Crippen molar-refractivity contribution in [3.63, 3.8) is 0 Å². The van der Waals surface area contributed by atoms with Gasteiger partial charge in [-0.3, -0.25) is 28.9 Å². The predicted octanol–water partition coefficient (Wildman–Crippen LogP) is 0.843. The van der Waals surface area contributed by atoms with Gasteiger partial charge in [-0.15, -0.1) is 5.01 Å². The zero-order valence-electron chi connectivity index (χ0n) is 25.5. The van der Waals surface area contributed by atoms with Crippen LogP contribution >= 0.6 is 0 Å². The van der Waals surface area contributed by atoms with Crippen molar-refractivity contribution in [2.24, 2.45) is 11.7 Å². The quantitative estimate of drug-likeness (QED) is 0.193. The zero-order chi connectivity index (χ0) is 33.4. The first-order valence-electron chi connectivity index (χ1n) is 14.4. The van der Waals surface area contributed by atoms with Crippen LogP contribution in [-0.4, -0.2) is 98.6 Å². The van der Waals surface area contributed by atoms with Crippen molar-refractivity contribution in [1.29, 1.82) is 0 Å². The van der Waals surface area contributed by atoms with Gasteiger partial charge < -0.3 is 26.0 Å². The summed E-state index contributed by atoms with van der Waals surface area (Å²) >= 11 is 0. The standard InChI is InChI=1S/C31H39N5O9/c1-18(2)24(32)29(41)35(23(38)16-15-20-11-7-5-8-12-20)19(3)28(40)34(4)36(31(43)44)30(42)26-25(45-26)27(39)33-17-22(37)21-13-9-6-10-14-21/h5-14,18-19,22,24-26,37H,15-17,32H2,1-4H3,(H,33,39)(H,43,44)/t19-,22?,24-,25+,26+/m0/s1. The fraction of sp³-hybridized carbons (Fsp3) is 0.419. The highest BCUT2D eigenvalue weighted by molar-refractivity contribution is 6.04. The van der Waals surface area contributed by atoms with Crippen LogP contribution in [0.15, 0.2) is 60.7 Å². The molecule has 0 spiro atoms. The molecule has 14 heteroatoms. The van der Waals surface area contributed by atoms with Gasteiger partial charge in [0.2, 0.25) is 11.8 Å². The lowest BCUT2D eigenvalue weighted by molar-refractivity contribution is -0.165. The molecule has 6 amide bonds. The summed E-state index contributed by atoms with van der Waals surface area (Å²) in [5, 5.41) is 23.1. The Morgan fingerprint density at radius 1 is 0.911 bits per heavy atom. The van der Waals surface area contributed by atoms with E-state index in [1.807, 2.05) is 6.07 Å². The Hall–Kier alpha value is -4.66. The number of rotatable bonds is 12. The number of carboxylic acid groups (broad SMARTS) is 1. The Morgan fingerprint density at radius 3 is 2.04 bits per heavy atom. The normalized spacial score (nSPS) is 17.4. The minimum atomic E-state index is -1.86. The first-order valence-corrected chi connectivity index (χ1v) is 14.4. The number of carbonyl (C=O) groups is 6. The van der Waals surface area contributed by atoms with E-state index in [4.69, 9.17) is 10.5 Å². The van der Waals surface area contributed by atoms with Gasteiger partial charge in [-0.2, -0.15) is 0 Å². The van der Waals surface area contributed by atoms with E-state index >= 15 is 0 Å². The molecule has 5 N–H and O–H groups in total. The Kier molecular flexibility index (Phi) is 11.9. The average molecular weight is 626 g/mol. The number of nitrogens with one attached hydrogen (secondary N) is 1. The maximum atomic E-state index is 13.5. The van der Waals surface area contributed by atoms with Gasteiger partial charge in [-0.05, 0) is 30.4 Å². The highest BCUT2D eigenvalue weighted by atomic mass is 16.6. The molecule has 2 aromatic rings. The largest absolute Gasteiger partial charge is 0.463 e. The molecular weight excluding hydrogens is 586 g/mol. The molecule has 3 rings (SSSR count). The van der Waals surface area contributed by atoms with Gasteiger partial charge >= 0.3 is 6.09 Å². The van der Waals surface area contributed by atoms with Gasteiger partial charge in [0.1, 0.15) is 6.04 Å². The average Bonchev–Trinajstić information content (AvgIpc) is 3.83. The lowest BCUT2D eigenvalue weighted by atomic mass is 10.0. The molecule has 0 bridgehead atoms. The van der Waals surface area contributed by atoms with Crippen LogP contribution in [0, 0.1) is 5.92 Å². The first kappa shape index (κ1) is 34.8. The van der Waals surface area contributed by atoms with Gasteiger partial charge in [-0.1, -0.05) is 74.5 Å². The van der Waals surface area contributed by atoms with Crippen molar-refractivity contribution in [3.05, 3.63) is 71.8 Å². The summed E-state index contributed by atoms with van der Waals surface area (Å²) in [7, 11) is 0.984. The van der Waals surface area contributed by atoms with Crippen molar-refractivity contribution >= 4 is 35.6 Å². The third-order valence-electron chi connectivity index (χ3n) is 7.38. The number of nitrogens with zero attached hydrogens (tertiary/aromatic N) is 3. The molecule has 0 aliphatic carbocycles. The number of carbonyl (C=O) groups excluding carboxylic acids is 5. The van der Waals surface area contributed by atoms with Crippen molar-refractivity contribution in [2.75, 3.05) is 13.6 Å². The number of aryl methyl sites for hydroxylation is 1. The van der Waals surface area contributed by atoms with Gasteiger partial charge in [0.25, 0.3) is 17.7 Å². The van der Waals surface area contributed by atoms with Crippen LogP contribution in [-0.2, 0) is 35.1 Å². The van der Waals surface area contributed by atoms with E-state index in [0.717, 1.165) is 12.6 Å². The van der Waals surface area contributed by atoms with Crippen LogP contribution in [0.5, 0.6) is 0 Å². The predicted molar refractivity (Wildman–Crippen MR) is 160 cm³/mol. The summed E-state index contributed by atoms with van der Waals surface area (Å²) in [4.78, 5) is 78.7. The van der Waals surface area contributed by atoms with Crippen LogP contribution in [0.3, 0.4) is 0 Å². The van der Waals surface area contributed by atoms with E-state index in [0.29, 0.717) is 15.5 Å². The highest BCUT2D eigenvalue weighted by Gasteiger charge is 2.54. The number of aliphatic hydroxyl groups excluding tert-OH is 1. The molecule has 45 heavy (non-hydrogen) atoms. The Balaban J connectivity index is 1.70. The third-order valence-corrected chi connectivity index (χ3v) is 7.38. The summed E-state index contributed by atoms with van der Waals surface area (Å²) in [6.45, 7) is 4.38. The molecule has 1 heterocycles. The number of hydrazine groups is 1. The van der Waals surface area contributed by atoms with Crippen molar-refractivity contribution in [1.82, 2.24) is 20.2 Å². The molecule has 242 valence electrons. The molecule has 0 aromatic heterocycles. The maximum Gasteiger partial charge on any atom is 0.433 e. The highest BCUT2D eigenvalue weighted by Crippen LogP contribution is 2.26. The van der Waals surface area contributed by atoms with E-state index in [2.05, 4.69) is 5.32 Å². The number of hydrogen-bond acceptors (Lipinski definition) is 9. The lowest BCUT2D eigenvalue weighted by Gasteiger charge is -2.34. The molecule has 2 aromatic carbocycles. The number of benzene rings is 2. The van der Waals surface area contributed by atoms with Crippen LogP contribution in [0.2, 0.25) is 0 Å². The molecular formula is C31H39N5O9. The Morgan fingerprint density at radius 2 is 1.49 bits per heavy atom. The number of nitrogens with two attached hydrogens (primary N) is 1. The second-order valence-corrected chi connectivity index (χ2v) is 11.0. The number of ether oxygens (including phenoxy) is 1. The summed E-state index contributed by atoms with van der Waals surface area (Å²) in [6.07, 6.45) is -5.65. The maximum absolute atomic E-state index is 13.5. The van der Waals surface area contributed by atoms with Crippen LogP contribution in [0.25, 0.3) is 0 Å². The van der Waals surface area contributed by atoms with E-state index < -0.39 is 66.0 Å². The zero-order valence-corrected chi connectivity index (χ0v) is 25.5. The van der Waals surface area contributed by atoms with Gasteiger partial charge in [-0.25, -0.2) is 9.80 Å². The smallest absolute Gasteiger partial charge is 0.433 e. The fourth-order valence-electron chi connectivity index (χ4n) is 4.55. The summed E-state index contributed by atoms with van der Waals surface area (Å²) < 4.78 is 5.13. The van der Waals surface area contributed by atoms with Crippen molar-refractivity contribution in [2.45, 2.75) is 64.0 Å². The second-order valence-electron chi connectivity index (χ2n) is 11.0. The Labute approximate surface area is 260 Å². The minimum absolute atomic E-state index is 0.0646. The first-order chi connectivity index (χ1) is 21.3. The molecule has 14 nitrogen and oxygen atoms in total. The van der Waals surface area contributed by atoms with E-state index in [1.165, 1.54) is 6.92 Å². The fourth-order valence-corrected chi connectivity index (χ4v) is 4.55. The number of aliphatic hydroxyl groups is 1. The van der Waals surface area contributed by atoms with Crippen LogP contribution < -0.4 is 11.1 Å². The van der Waals surface area contributed by atoms with E-state index in [-0.39, 0.29) is 30.3 Å². The molecule has 1 saturated heterocycles.